The molecule has 1 aliphatic heterocycles. The van der Waals surface area contributed by atoms with E-state index in [0.717, 1.165) is 11.4 Å². The Labute approximate surface area is 107 Å². The van der Waals surface area contributed by atoms with Crippen LogP contribution in [0.4, 0.5) is 10.5 Å². The van der Waals surface area contributed by atoms with E-state index in [4.69, 9.17) is 10.5 Å². The lowest BCUT2D eigenvalue weighted by Crippen LogP contribution is -2.35. The highest BCUT2D eigenvalue weighted by Gasteiger charge is 2.29. The van der Waals surface area contributed by atoms with Gasteiger partial charge in [-0.25, -0.2) is 4.79 Å². The molecule has 1 aliphatic rings. The van der Waals surface area contributed by atoms with Gasteiger partial charge in [-0.3, -0.25) is 0 Å². The lowest BCUT2D eigenvalue weighted by atomic mass is 10.1. The number of benzene rings is 1. The molecule has 2 unspecified atom stereocenters. The Morgan fingerprint density at radius 2 is 2.28 bits per heavy atom. The Bertz CT molecular complexity index is 426. The normalized spacial score (nSPS) is 22.9. The number of rotatable bonds is 2. The van der Waals surface area contributed by atoms with Crippen molar-refractivity contribution in [2.75, 3.05) is 25.5 Å². The van der Waals surface area contributed by atoms with Crippen molar-refractivity contribution in [1.82, 2.24) is 4.90 Å². The molecule has 1 aromatic carbocycles. The topological polar surface area (TPSA) is 67.6 Å². The van der Waals surface area contributed by atoms with Gasteiger partial charge in [-0.15, -0.1) is 0 Å². The van der Waals surface area contributed by atoms with Crippen LogP contribution in [-0.2, 0) is 0 Å². The summed E-state index contributed by atoms with van der Waals surface area (Å²) in [5.74, 6) is 1.07. The molecule has 2 rings (SSSR count). The molecule has 1 fully saturated rings. The first kappa shape index (κ1) is 12.7. The molecule has 18 heavy (non-hydrogen) atoms. The first-order valence-electron chi connectivity index (χ1n) is 6.05. The van der Waals surface area contributed by atoms with Gasteiger partial charge in [0.15, 0.2) is 0 Å². The number of hydrogen-bond acceptors (Lipinski definition) is 3. The highest BCUT2D eigenvalue weighted by molar-refractivity contribution is 5.89. The minimum absolute atomic E-state index is 0.0704. The van der Waals surface area contributed by atoms with E-state index in [1.165, 1.54) is 0 Å². The predicted molar refractivity (Wildman–Crippen MR) is 70.7 cm³/mol. The molecule has 3 N–H and O–H groups in total. The summed E-state index contributed by atoms with van der Waals surface area (Å²) in [4.78, 5) is 13.8. The molecule has 2 atom stereocenters. The molecule has 2 amide bonds. The largest absolute Gasteiger partial charge is 0.497 e. The highest BCUT2D eigenvalue weighted by Crippen LogP contribution is 2.19. The number of methoxy groups -OCH3 is 1. The minimum atomic E-state index is -0.108. The van der Waals surface area contributed by atoms with Crippen LogP contribution in [0.5, 0.6) is 5.75 Å². The van der Waals surface area contributed by atoms with Crippen LogP contribution < -0.4 is 15.8 Å². The van der Waals surface area contributed by atoms with Crippen molar-refractivity contribution in [3.8, 4) is 5.75 Å². The first-order chi connectivity index (χ1) is 8.60. The monoisotopic (exact) mass is 249 g/mol. The summed E-state index contributed by atoms with van der Waals surface area (Å²) in [5, 5.41) is 2.85. The number of nitrogens with two attached hydrogens (primary N) is 1. The third-order valence-corrected chi connectivity index (χ3v) is 3.28. The maximum atomic E-state index is 12.0. The number of carbonyl (C=O) groups is 1. The molecule has 5 heteroatoms. The quantitative estimate of drug-likeness (QED) is 0.834. The van der Waals surface area contributed by atoms with Crippen LogP contribution in [0.3, 0.4) is 0 Å². The maximum Gasteiger partial charge on any atom is 0.321 e. The van der Waals surface area contributed by atoms with Gasteiger partial charge in [0.1, 0.15) is 5.75 Å². The van der Waals surface area contributed by atoms with Crippen LogP contribution in [0.15, 0.2) is 24.3 Å². The number of carbonyl (C=O) groups excluding carboxylic acids is 1. The molecule has 0 spiro atoms. The van der Waals surface area contributed by atoms with Gasteiger partial charge in [-0.1, -0.05) is 13.0 Å². The van der Waals surface area contributed by atoms with Gasteiger partial charge >= 0.3 is 6.03 Å². The van der Waals surface area contributed by atoms with Gasteiger partial charge in [0.25, 0.3) is 0 Å². The van der Waals surface area contributed by atoms with Crippen molar-refractivity contribution in [3.63, 3.8) is 0 Å². The van der Waals surface area contributed by atoms with Crippen LogP contribution in [0.25, 0.3) is 0 Å². The van der Waals surface area contributed by atoms with E-state index in [2.05, 4.69) is 12.2 Å². The van der Waals surface area contributed by atoms with Crippen LogP contribution in [0.2, 0.25) is 0 Å². The Balaban J connectivity index is 1.99. The number of anilines is 1. The predicted octanol–water partition coefficient (Wildman–Crippen LogP) is 1.51. The summed E-state index contributed by atoms with van der Waals surface area (Å²) in [6.45, 7) is 3.37. The number of hydrogen-bond donors (Lipinski definition) is 2. The standard InChI is InChI=1S/C13H19N3O2/c1-9-7-16(8-12(9)14)13(17)15-10-4-3-5-11(6-10)18-2/h3-6,9,12H,7-8,14H2,1-2H3,(H,15,17). The fourth-order valence-corrected chi connectivity index (χ4v) is 2.06. The zero-order chi connectivity index (χ0) is 13.1. The Morgan fingerprint density at radius 3 is 2.89 bits per heavy atom. The Hall–Kier alpha value is -1.75. The second-order valence-corrected chi connectivity index (χ2v) is 4.71. The SMILES string of the molecule is COc1cccc(NC(=O)N2CC(C)C(N)C2)c1. The molecular formula is C13H19N3O2. The molecule has 1 saturated heterocycles. The van der Waals surface area contributed by atoms with Gasteiger partial charge in [-0.2, -0.15) is 0 Å². The van der Waals surface area contributed by atoms with Crippen molar-refractivity contribution in [2.24, 2.45) is 11.7 Å². The van der Waals surface area contributed by atoms with Gasteiger partial charge in [0.2, 0.25) is 0 Å². The summed E-state index contributed by atoms with van der Waals surface area (Å²) >= 11 is 0. The number of nitrogens with one attached hydrogen (secondary N) is 1. The second kappa shape index (κ2) is 5.27. The van der Waals surface area contributed by atoms with Gasteiger partial charge in [0.05, 0.1) is 7.11 Å². The van der Waals surface area contributed by atoms with E-state index in [9.17, 15) is 4.79 Å². The number of ether oxygens (including phenoxy) is 1. The maximum absolute atomic E-state index is 12.0. The second-order valence-electron chi connectivity index (χ2n) is 4.71. The lowest BCUT2D eigenvalue weighted by molar-refractivity contribution is 0.221. The molecule has 0 bridgehead atoms. The average molecular weight is 249 g/mol. The van der Waals surface area contributed by atoms with Crippen molar-refractivity contribution >= 4 is 11.7 Å². The Kier molecular flexibility index (Phi) is 3.72. The van der Waals surface area contributed by atoms with Crippen LogP contribution >= 0.6 is 0 Å². The highest BCUT2D eigenvalue weighted by atomic mass is 16.5. The molecule has 5 nitrogen and oxygen atoms in total. The summed E-state index contributed by atoms with van der Waals surface area (Å²) in [5.41, 5.74) is 6.63. The van der Waals surface area contributed by atoms with Gasteiger partial charge in [0, 0.05) is 30.9 Å². The molecule has 98 valence electrons. The van der Waals surface area contributed by atoms with Crippen molar-refractivity contribution in [2.45, 2.75) is 13.0 Å². The van der Waals surface area contributed by atoms with Crippen molar-refractivity contribution in [1.29, 1.82) is 0 Å². The zero-order valence-corrected chi connectivity index (χ0v) is 10.7. The van der Waals surface area contributed by atoms with Crippen LogP contribution in [0.1, 0.15) is 6.92 Å². The van der Waals surface area contributed by atoms with Crippen LogP contribution in [0, 0.1) is 5.92 Å². The van der Waals surface area contributed by atoms with E-state index in [1.54, 1.807) is 18.1 Å². The van der Waals surface area contributed by atoms with E-state index < -0.39 is 0 Å². The molecule has 1 aromatic rings. The summed E-state index contributed by atoms with van der Waals surface area (Å²) in [6.07, 6.45) is 0. The van der Waals surface area contributed by atoms with Crippen molar-refractivity contribution < 1.29 is 9.53 Å². The molecule has 1 heterocycles. The minimum Gasteiger partial charge on any atom is -0.497 e. The summed E-state index contributed by atoms with van der Waals surface area (Å²) < 4.78 is 5.11. The average Bonchev–Trinajstić information content (AvgIpc) is 2.70. The van der Waals surface area contributed by atoms with Crippen molar-refractivity contribution in [3.05, 3.63) is 24.3 Å². The van der Waals surface area contributed by atoms with Gasteiger partial charge in [-0.05, 0) is 18.1 Å². The fraction of sp³-hybridized carbons (Fsp3) is 0.462. The molecule has 0 aliphatic carbocycles. The fourth-order valence-electron chi connectivity index (χ4n) is 2.06. The van der Waals surface area contributed by atoms with E-state index >= 15 is 0 Å². The zero-order valence-electron chi connectivity index (χ0n) is 10.7. The van der Waals surface area contributed by atoms with E-state index in [0.29, 0.717) is 19.0 Å². The number of urea groups is 1. The number of nitrogens with zero attached hydrogens (tertiary/aromatic N) is 1. The number of amides is 2. The van der Waals surface area contributed by atoms with E-state index in [-0.39, 0.29) is 12.1 Å². The third kappa shape index (κ3) is 2.73. The van der Waals surface area contributed by atoms with Gasteiger partial charge < -0.3 is 20.7 Å². The lowest BCUT2D eigenvalue weighted by Gasteiger charge is -2.17. The third-order valence-electron chi connectivity index (χ3n) is 3.28. The summed E-state index contributed by atoms with van der Waals surface area (Å²) in [7, 11) is 1.60. The molecule has 0 saturated carbocycles. The summed E-state index contributed by atoms with van der Waals surface area (Å²) in [6, 6.07) is 7.26. The van der Waals surface area contributed by atoms with E-state index in [1.807, 2.05) is 18.2 Å². The molecule has 0 aromatic heterocycles. The van der Waals surface area contributed by atoms with Crippen LogP contribution in [-0.4, -0.2) is 37.2 Å². The Morgan fingerprint density at radius 1 is 1.50 bits per heavy atom. The molecule has 0 radical (unpaired) electrons. The number of likely N-dealkylation sites (tertiary alicyclic amines) is 1. The smallest absolute Gasteiger partial charge is 0.321 e. The first-order valence-corrected chi connectivity index (χ1v) is 6.05. The molecular weight excluding hydrogens is 230 g/mol.